The smallest absolute Gasteiger partial charge is 0.130 e. The highest BCUT2D eigenvalue weighted by atomic mass is 31.1. The molecule has 184 valence electrons. The first kappa shape index (κ1) is 25.9. The number of aryl methyl sites for hydroxylation is 2. The van der Waals surface area contributed by atoms with Gasteiger partial charge in [0.15, 0.2) is 0 Å². The van der Waals surface area contributed by atoms with Crippen molar-refractivity contribution in [3.63, 3.8) is 0 Å². The zero-order valence-corrected chi connectivity index (χ0v) is 23.2. The van der Waals surface area contributed by atoms with Gasteiger partial charge >= 0.3 is 0 Å². The second-order valence-corrected chi connectivity index (χ2v) is 11.5. The van der Waals surface area contributed by atoms with Crippen LogP contribution in [0.3, 0.4) is 0 Å². The third-order valence-electron chi connectivity index (χ3n) is 6.43. The van der Waals surface area contributed by atoms with Crippen molar-refractivity contribution in [2.24, 2.45) is 4.99 Å². The first-order chi connectivity index (χ1) is 17.3. The summed E-state index contributed by atoms with van der Waals surface area (Å²) in [6, 6.07) is 32.0. The van der Waals surface area contributed by atoms with Gasteiger partial charge in [-0.05, 0) is 52.9 Å². The van der Waals surface area contributed by atoms with Crippen molar-refractivity contribution >= 4 is 24.9 Å². The minimum Gasteiger partial charge on any atom is -0.488 e. The minimum absolute atomic E-state index is 0.0522. The number of hydrogen-bond acceptors (Lipinski definition) is 2. The molecule has 0 fully saturated rings. The molecule has 0 aliphatic carbocycles. The van der Waals surface area contributed by atoms with Crippen molar-refractivity contribution in [1.29, 1.82) is 0 Å². The van der Waals surface area contributed by atoms with Gasteiger partial charge < -0.3 is 4.74 Å². The van der Waals surface area contributed by atoms with Crippen LogP contribution in [-0.2, 0) is 12.0 Å². The lowest BCUT2D eigenvalue weighted by Crippen LogP contribution is -2.21. The van der Waals surface area contributed by atoms with Crippen LogP contribution in [0.5, 0.6) is 5.75 Å². The lowest BCUT2D eigenvalue weighted by Gasteiger charge is -2.24. The van der Waals surface area contributed by atoms with Crippen LogP contribution in [0.15, 0.2) is 96.0 Å². The quantitative estimate of drug-likeness (QED) is 0.196. The fourth-order valence-electron chi connectivity index (χ4n) is 4.39. The minimum atomic E-state index is 0.0522. The molecule has 0 spiro atoms. The molecule has 1 unspecified atom stereocenters. The van der Waals surface area contributed by atoms with Crippen LogP contribution in [0, 0.1) is 13.8 Å². The standard InChI is InChI=1S/C33H36NOP/c1-23-14-13-19-28(30(34-6)26-17-11-8-12-18-26)32(23)36-29-21-27(33(3,4)5)20-24(2)31(29)35-22-25-15-9-7-10-16-25/h7-21,36H,22H2,1-6H3/b34-30+. The van der Waals surface area contributed by atoms with Crippen molar-refractivity contribution in [1.82, 2.24) is 0 Å². The lowest BCUT2D eigenvalue weighted by molar-refractivity contribution is 0.306. The molecule has 1 atom stereocenters. The third-order valence-corrected chi connectivity index (χ3v) is 7.98. The SMILES string of the molecule is C/N=C(\c1ccccc1)c1cccc(C)c1Pc1cc(C(C)(C)C)cc(C)c1OCc1ccccc1. The largest absolute Gasteiger partial charge is 0.488 e. The van der Waals surface area contributed by atoms with Gasteiger partial charge in [-0.1, -0.05) is 114 Å². The zero-order chi connectivity index (χ0) is 25.7. The predicted molar refractivity (Wildman–Crippen MR) is 157 cm³/mol. The van der Waals surface area contributed by atoms with Gasteiger partial charge in [0, 0.05) is 23.5 Å². The number of nitrogens with zero attached hydrogens (tertiary/aromatic N) is 1. The molecule has 0 aromatic heterocycles. The Labute approximate surface area is 218 Å². The molecular formula is C33H36NOP. The van der Waals surface area contributed by atoms with Crippen molar-refractivity contribution in [3.8, 4) is 5.75 Å². The first-order valence-electron chi connectivity index (χ1n) is 12.5. The van der Waals surface area contributed by atoms with Crippen molar-refractivity contribution < 1.29 is 4.74 Å². The van der Waals surface area contributed by atoms with Gasteiger partial charge in [-0.3, -0.25) is 4.99 Å². The summed E-state index contributed by atoms with van der Waals surface area (Å²) in [6.45, 7) is 11.8. The molecule has 0 amide bonds. The van der Waals surface area contributed by atoms with E-state index in [0.29, 0.717) is 15.2 Å². The summed E-state index contributed by atoms with van der Waals surface area (Å²) in [6.07, 6.45) is 0. The summed E-state index contributed by atoms with van der Waals surface area (Å²) in [5.41, 5.74) is 8.36. The fraction of sp³-hybridized carbons (Fsp3) is 0.242. The monoisotopic (exact) mass is 493 g/mol. The van der Waals surface area contributed by atoms with Gasteiger partial charge in [-0.15, -0.1) is 0 Å². The van der Waals surface area contributed by atoms with E-state index in [9.17, 15) is 0 Å². The fourth-order valence-corrected chi connectivity index (χ4v) is 5.88. The van der Waals surface area contributed by atoms with Crippen molar-refractivity contribution in [2.75, 3.05) is 7.05 Å². The summed E-state index contributed by atoms with van der Waals surface area (Å²) < 4.78 is 6.52. The lowest BCUT2D eigenvalue weighted by atomic mass is 9.86. The maximum Gasteiger partial charge on any atom is 0.130 e. The molecule has 2 nitrogen and oxygen atoms in total. The molecular weight excluding hydrogens is 457 g/mol. The van der Waals surface area contributed by atoms with Crippen LogP contribution < -0.4 is 15.3 Å². The normalized spacial score (nSPS) is 12.3. The van der Waals surface area contributed by atoms with E-state index in [1.54, 1.807) is 0 Å². The van der Waals surface area contributed by atoms with Gasteiger partial charge in [0.05, 0.1) is 5.71 Å². The summed E-state index contributed by atoms with van der Waals surface area (Å²) >= 11 is 0. The molecule has 0 heterocycles. The van der Waals surface area contributed by atoms with Crippen LogP contribution in [0.1, 0.15) is 54.2 Å². The Balaban J connectivity index is 1.80. The van der Waals surface area contributed by atoms with Crippen molar-refractivity contribution in [2.45, 2.75) is 46.6 Å². The number of benzene rings is 4. The third kappa shape index (κ3) is 5.94. The molecule has 4 aromatic carbocycles. The number of rotatable bonds is 7. The Hall–Kier alpha value is -3.22. The van der Waals surface area contributed by atoms with E-state index in [1.165, 1.54) is 38.4 Å². The van der Waals surface area contributed by atoms with E-state index < -0.39 is 0 Å². The molecule has 0 aliphatic rings. The Bertz CT molecular complexity index is 1350. The van der Waals surface area contributed by atoms with E-state index in [1.807, 2.05) is 19.2 Å². The van der Waals surface area contributed by atoms with Gasteiger partial charge in [0.2, 0.25) is 0 Å². The second-order valence-electron chi connectivity index (χ2n) is 10.3. The highest BCUT2D eigenvalue weighted by molar-refractivity contribution is 7.56. The Morgan fingerprint density at radius 2 is 1.47 bits per heavy atom. The molecule has 0 radical (unpaired) electrons. The van der Waals surface area contributed by atoms with E-state index in [4.69, 9.17) is 9.73 Å². The van der Waals surface area contributed by atoms with Crippen molar-refractivity contribution in [3.05, 3.63) is 124 Å². The molecule has 3 heteroatoms. The van der Waals surface area contributed by atoms with Crippen LogP contribution in [-0.4, -0.2) is 12.8 Å². The van der Waals surface area contributed by atoms with Gasteiger partial charge in [-0.2, -0.15) is 0 Å². The molecule has 4 aromatic rings. The maximum atomic E-state index is 6.52. The van der Waals surface area contributed by atoms with Gasteiger partial charge in [-0.25, -0.2) is 0 Å². The molecule has 36 heavy (non-hydrogen) atoms. The van der Waals surface area contributed by atoms with Gasteiger partial charge in [0.1, 0.15) is 12.4 Å². The number of ether oxygens (including phenoxy) is 1. The molecule has 0 bridgehead atoms. The van der Waals surface area contributed by atoms with Crippen LogP contribution in [0.25, 0.3) is 0 Å². The van der Waals surface area contributed by atoms with Gasteiger partial charge in [0.25, 0.3) is 0 Å². The average Bonchev–Trinajstić information content (AvgIpc) is 2.86. The molecule has 0 aliphatic heterocycles. The highest BCUT2D eigenvalue weighted by Crippen LogP contribution is 2.32. The summed E-state index contributed by atoms with van der Waals surface area (Å²) in [4.78, 5) is 4.73. The Morgan fingerprint density at radius 3 is 2.11 bits per heavy atom. The molecule has 4 rings (SSSR count). The molecule has 0 N–H and O–H groups in total. The van der Waals surface area contributed by atoms with E-state index >= 15 is 0 Å². The molecule has 0 saturated carbocycles. The van der Waals surface area contributed by atoms with E-state index in [0.717, 1.165) is 17.0 Å². The second kappa shape index (κ2) is 11.2. The summed E-state index contributed by atoms with van der Waals surface area (Å²) in [5, 5.41) is 2.56. The summed E-state index contributed by atoms with van der Waals surface area (Å²) in [5.74, 6) is 0.995. The topological polar surface area (TPSA) is 21.6 Å². The van der Waals surface area contributed by atoms with Crippen LogP contribution in [0.4, 0.5) is 0 Å². The highest BCUT2D eigenvalue weighted by Gasteiger charge is 2.21. The summed E-state index contributed by atoms with van der Waals surface area (Å²) in [7, 11) is 2.33. The van der Waals surface area contributed by atoms with Crippen LogP contribution in [0.2, 0.25) is 0 Å². The Kier molecular flexibility index (Phi) is 8.07. The Morgan fingerprint density at radius 1 is 0.806 bits per heavy atom. The maximum absolute atomic E-state index is 6.52. The average molecular weight is 494 g/mol. The number of hydrogen-bond donors (Lipinski definition) is 0. The molecule has 0 saturated heterocycles. The van der Waals surface area contributed by atoms with Crippen LogP contribution >= 0.6 is 8.58 Å². The van der Waals surface area contributed by atoms with E-state index in [-0.39, 0.29) is 5.41 Å². The zero-order valence-electron chi connectivity index (χ0n) is 22.2. The van der Waals surface area contributed by atoms with E-state index in [2.05, 4.69) is 113 Å². The predicted octanol–water partition coefficient (Wildman–Crippen LogP) is 7.28. The number of aliphatic imine (C=N–C) groups is 1. The first-order valence-corrected chi connectivity index (χ1v) is 13.5.